The van der Waals surface area contributed by atoms with Crippen molar-refractivity contribution in [1.82, 2.24) is 16.0 Å². The van der Waals surface area contributed by atoms with Crippen LogP contribution in [0.25, 0.3) is 0 Å². The Balaban J connectivity index is 2.70. The van der Waals surface area contributed by atoms with E-state index in [9.17, 15) is 14.4 Å². The number of imide groups is 1. The van der Waals surface area contributed by atoms with Crippen molar-refractivity contribution in [2.24, 2.45) is 0 Å². The van der Waals surface area contributed by atoms with Crippen LogP contribution < -0.4 is 21.3 Å². The van der Waals surface area contributed by atoms with Gasteiger partial charge in [-0.05, 0) is 25.1 Å². The van der Waals surface area contributed by atoms with Crippen LogP contribution in [0.15, 0.2) is 24.3 Å². The van der Waals surface area contributed by atoms with Gasteiger partial charge < -0.3 is 16.0 Å². The molecule has 0 radical (unpaired) electrons. The first kappa shape index (κ1) is 15.5. The Labute approximate surface area is 117 Å². The van der Waals surface area contributed by atoms with Crippen molar-refractivity contribution in [3.8, 4) is 0 Å². The molecule has 108 valence electrons. The Morgan fingerprint density at radius 3 is 2.40 bits per heavy atom. The second-order valence-electron chi connectivity index (χ2n) is 4.09. The van der Waals surface area contributed by atoms with Crippen molar-refractivity contribution in [3.63, 3.8) is 0 Å². The predicted octanol–water partition coefficient (Wildman–Crippen LogP) is 0.302. The van der Waals surface area contributed by atoms with Crippen molar-refractivity contribution in [2.45, 2.75) is 13.0 Å². The lowest BCUT2D eigenvalue weighted by Crippen LogP contribution is -2.44. The molecule has 0 aliphatic carbocycles. The lowest BCUT2D eigenvalue weighted by Gasteiger charge is -2.15. The van der Waals surface area contributed by atoms with E-state index in [-0.39, 0.29) is 5.91 Å². The maximum atomic E-state index is 11.7. The van der Waals surface area contributed by atoms with Crippen LogP contribution in [0.1, 0.15) is 17.3 Å². The summed E-state index contributed by atoms with van der Waals surface area (Å²) in [5.41, 5.74) is 1.10. The summed E-state index contributed by atoms with van der Waals surface area (Å²) in [6, 6.07) is 5.55. The molecule has 20 heavy (non-hydrogen) atoms. The number of hydrogen-bond acceptors (Lipinski definition) is 4. The second-order valence-corrected chi connectivity index (χ2v) is 4.09. The van der Waals surface area contributed by atoms with E-state index in [1.807, 2.05) is 0 Å². The number of amides is 4. The summed E-state index contributed by atoms with van der Waals surface area (Å²) in [6.45, 7) is 1.62. The van der Waals surface area contributed by atoms with Crippen LogP contribution in [0.4, 0.5) is 10.5 Å². The summed E-state index contributed by atoms with van der Waals surface area (Å²) in [5, 5.41) is 9.90. The molecule has 0 saturated heterocycles. The third-order valence-electron chi connectivity index (χ3n) is 2.59. The van der Waals surface area contributed by atoms with Crippen molar-refractivity contribution < 1.29 is 14.4 Å². The molecule has 1 rings (SSSR count). The molecule has 7 heteroatoms. The molecule has 0 aliphatic rings. The molecular formula is C13H18N4O3. The molecule has 4 N–H and O–H groups in total. The highest BCUT2D eigenvalue weighted by Crippen LogP contribution is 2.11. The first-order chi connectivity index (χ1) is 9.47. The van der Waals surface area contributed by atoms with Crippen LogP contribution >= 0.6 is 0 Å². The van der Waals surface area contributed by atoms with Gasteiger partial charge in [0.1, 0.15) is 6.04 Å². The van der Waals surface area contributed by atoms with E-state index in [0.29, 0.717) is 11.3 Å². The molecule has 4 amide bonds. The third kappa shape index (κ3) is 4.27. The van der Waals surface area contributed by atoms with Gasteiger partial charge in [-0.15, -0.1) is 0 Å². The molecule has 1 aromatic rings. The summed E-state index contributed by atoms with van der Waals surface area (Å²) in [4.78, 5) is 34.2. The minimum Gasteiger partial charge on any atom is -0.374 e. The molecule has 1 atom stereocenters. The fourth-order valence-electron chi connectivity index (χ4n) is 1.49. The molecule has 0 aromatic heterocycles. The van der Waals surface area contributed by atoms with Gasteiger partial charge in [0, 0.05) is 25.3 Å². The number of nitrogens with one attached hydrogen (secondary N) is 4. The zero-order chi connectivity index (χ0) is 15.1. The minimum absolute atomic E-state index is 0.212. The molecular weight excluding hydrogens is 260 g/mol. The van der Waals surface area contributed by atoms with Crippen LogP contribution in [0.5, 0.6) is 0 Å². The van der Waals surface area contributed by atoms with Crippen LogP contribution in [-0.2, 0) is 4.79 Å². The maximum Gasteiger partial charge on any atom is 0.321 e. The summed E-state index contributed by atoms with van der Waals surface area (Å²) in [5.74, 6) is -0.675. The van der Waals surface area contributed by atoms with Crippen molar-refractivity contribution >= 4 is 23.5 Å². The van der Waals surface area contributed by atoms with E-state index in [0.717, 1.165) is 0 Å². The molecule has 0 bridgehead atoms. The van der Waals surface area contributed by atoms with E-state index in [1.165, 1.54) is 7.05 Å². The highest BCUT2D eigenvalue weighted by Gasteiger charge is 2.15. The maximum absolute atomic E-state index is 11.7. The monoisotopic (exact) mass is 278 g/mol. The Kier molecular flexibility index (Phi) is 5.52. The number of urea groups is 1. The Morgan fingerprint density at radius 2 is 1.80 bits per heavy atom. The van der Waals surface area contributed by atoms with Crippen LogP contribution in [0, 0.1) is 0 Å². The largest absolute Gasteiger partial charge is 0.374 e. The van der Waals surface area contributed by atoms with Crippen LogP contribution in [0.3, 0.4) is 0 Å². The van der Waals surface area contributed by atoms with E-state index < -0.39 is 18.0 Å². The minimum atomic E-state index is -0.618. The van der Waals surface area contributed by atoms with Crippen LogP contribution in [-0.4, -0.2) is 38.0 Å². The third-order valence-corrected chi connectivity index (χ3v) is 2.59. The first-order valence-electron chi connectivity index (χ1n) is 6.09. The highest BCUT2D eigenvalue weighted by molar-refractivity contribution is 5.98. The van der Waals surface area contributed by atoms with E-state index >= 15 is 0 Å². The molecule has 0 fully saturated rings. The molecule has 0 aliphatic heterocycles. The van der Waals surface area contributed by atoms with Gasteiger partial charge in [-0.2, -0.15) is 0 Å². The number of rotatable bonds is 4. The summed E-state index contributed by atoms with van der Waals surface area (Å²) < 4.78 is 0. The lowest BCUT2D eigenvalue weighted by atomic mass is 10.1. The average molecular weight is 278 g/mol. The Bertz CT molecular complexity index is 516. The van der Waals surface area contributed by atoms with Gasteiger partial charge >= 0.3 is 6.03 Å². The molecule has 0 saturated carbocycles. The van der Waals surface area contributed by atoms with E-state index in [4.69, 9.17) is 0 Å². The summed E-state index contributed by atoms with van der Waals surface area (Å²) in [7, 11) is 2.97. The van der Waals surface area contributed by atoms with Gasteiger partial charge in [0.05, 0.1) is 0 Å². The molecule has 1 aromatic carbocycles. The zero-order valence-corrected chi connectivity index (χ0v) is 11.6. The Hall–Kier alpha value is -2.57. The lowest BCUT2D eigenvalue weighted by molar-refractivity contribution is -0.120. The van der Waals surface area contributed by atoms with Gasteiger partial charge in [0.25, 0.3) is 5.91 Å². The predicted molar refractivity (Wildman–Crippen MR) is 75.5 cm³/mol. The zero-order valence-electron chi connectivity index (χ0n) is 11.6. The summed E-state index contributed by atoms with van der Waals surface area (Å²) in [6.07, 6.45) is 0. The number of hydrogen-bond donors (Lipinski definition) is 4. The van der Waals surface area contributed by atoms with Crippen LogP contribution in [0.2, 0.25) is 0 Å². The fraction of sp³-hybridized carbons (Fsp3) is 0.308. The summed E-state index contributed by atoms with van der Waals surface area (Å²) >= 11 is 0. The van der Waals surface area contributed by atoms with Gasteiger partial charge in [0.15, 0.2) is 0 Å². The second kappa shape index (κ2) is 7.13. The number of anilines is 1. The average Bonchev–Trinajstić information content (AvgIpc) is 2.46. The van der Waals surface area contributed by atoms with E-state index in [2.05, 4.69) is 21.3 Å². The van der Waals surface area contributed by atoms with E-state index in [1.54, 1.807) is 38.2 Å². The van der Waals surface area contributed by atoms with Gasteiger partial charge in [-0.3, -0.25) is 14.9 Å². The van der Waals surface area contributed by atoms with Gasteiger partial charge in [-0.25, -0.2) is 4.79 Å². The fourth-order valence-corrected chi connectivity index (χ4v) is 1.49. The van der Waals surface area contributed by atoms with Crippen molar-refractivity contribution in [3.05, 3.63) is 29.8 Å². The van der Waals surface area contributed by atoms with Crippen molar-refractivity contribution in [1.29, 1.82) is 0 Å². The first-order valence-corrected chi connectivity index (χ1v) is 6.09. The van der Waals surface area contributed by atoms with Crippen molar-refractivity contribution in [2.75, 3.05) is 19.4 Å². The smallest absolute Gasteiger partial charge is 0.321 e. The molecule has 0 heterocycles. The molecule has 7 nitrogen and oxygen atoms in total. The quantitative estimate of drug-likeness (QED) is 0.636. The standard InChI is InChI=1S/C13H18N4O3/c1-8(11(18)17-13(20)15-3)16-10-6-4-5-9(7-10)12(19)14-2/h4-8,16H,1-3H3,(H,14,19)(H2,15,17,18,20). The normalized spacial score (nSPS) is 11.2. The van der Waals surface area contributed by atoms with Gasteiger partial charge in [-0.1, -0.05) is 6.07 Å². The Morgan fingerprint density at radius 1 is 1.10 bits per heavy atom. The number of carbonyl (C=O) groups excluding carboxylic acids is 3. The molecule has 1 unspecified atom stereocenters. The number of benzene rings is 1. The topological polar surface area (TPSA) is 99.3 Å². The SMILES string of the molecule is CNC(=O)NC(=O)C(C)Nc1cccc(C(=O)NC)c1. The highest BCUT2D eigenvalue weighted by atomic mass is 16.2. The number of carbonyl (C=O) groups is 3. The van der Waals surface area contributed by atoms with Gasteiger partial charge in [0.2, 0.25) is 5.91 Å². The molecule has 0 spiro atoms.